The molecule has 1 aliphatic carbocycles. The fraction of sp³-hybridized carbons (Fsp3) is 0.846. The Hall–Kier alpha value is -1.04. The van der Waals surface area contributed by atoms with Crippen LogP contribution in [0.4, 0.5) is 0 Å². The number of nitrogens with one attached hydrogen (secondary N) is 1. The molecule has 3 nitrogen and oxygen atoms in total. The van der Waals surface area contributed by atoms with E-state index in [1.165, 1.54) is 19.3 Å². The molecule has 0 aromatic carbocycles. The smallest absolute Gasteiger partial charge is 0.240 e. The van der Waals surface area contributed by atoms with Gasteiger partial charge in [0.05, 0.1) is 6.07 Å². The fourth-order valence-electron chi connectivity index (χ4n) is 1.95. The average molecular weight is 222 g/mol. The number of hydrogen-bond acceptors (Lipinski definition) is 2. The number of carbonyl (C=O) groups excluding carboxylic acids is 1. The maximum absolute atomic E-state index is 11.9. The van der Waals surface area contributed by atoms with Gasteiger partial charge in [-0.1, -0.05) is 26.7 Å². The third-order valence-corrected chi connectivity index (χ3v) is 3.63. The second kappa shape index (κ2) is 5.89. The summed E-state index contributed by atoms with van der Waals surface area (Å²) >= 11 is 0. The maximum atomic E-state index is 11.9. The first-order chi connectivity index (χ1) is 7.68. The highest BCUT2D eigenvalue weighted by atomic mass is 16.2. The van der Waals surface area contributed by atoms with Gasteiger partial charge in [0.2, 0.25) is 5.91 Å². The van der Waals surface area contributed by atoms with Gasteiger partial charge in [-0.2, -0.15) is 5.26 Å². The molecule has 0 saturated heterocycles. The molecule has 0 spiro atoms. The van der Waals surface area contributed by atoms with E-state index in [0.29, 0.717) is 12.8 Å². The summed E-state index contributed by atoms with van der Waals surface area (Å²) in [6, 6.07) is 2.16. The molecule has 1 aliphatic rings. The monoisotopic (exact) mass is 222 g/mol. The predicted octanol–water partition coefficient (Wildman–Crippen LogP) is 2.62. The van der Waals surface area contributed by atoms with Crippen LogP contribution in [0.25, 0.3) is 0 Å². The molecule has 0 aromatic rings. The molecule has 0 radical (unpaired) electrons. The summed E-state index contributed by atoms with van der Waals surface area (Å²) in [7, 11) is 0. The molecule has 0 heterocycles. The third-order valence-electron chi connectivity index (χ3n) is 3.63. The van der Waals surface area contributed by atoms with Gasteiger partial charge in [0, 0.05) is 6.54 Å². The van der Waals surface area contributed by atoms with E-state index < -0.39 is 5.41 Å². The van der Waals surface area contributed by atoms with Crippen molar-refractivity contribution in [1.82, 2.24) is 5.32 Å². The van der Waals surface area contributed by atoms with Crippen LogP contribution in [0.2, 0.25) is 0 Å². The summed E-state index contributed by atoms with van der Waals surface area (Å²) in [5.41, 5.74) is -0.806. The summed E-state index contributed by atoms with van der Waals surface area (Å²) in [5, 5.41) is 12.0. The first-order valence-corrected chi connectivity index (χ1v) is 6.38. The van der Waals surface area contributed by atoms with Crippen LogP contribution in [0.1, 0.15) is 52.4 Å². The standard InChI is InChI=1S/C13H22N2O/c1-3-13(4-2,10-14)12(16)15-9-5-6-11-7-8-11/h11H,3-9H2,1-2H3,(H,15,16). The molecule has 1 saturated carbocycles. The van der Waals surface area contributed by atoms with Crippen LogP contribution in [0.5, 0.6) is 0 Å². The first kappa shape index (κ1) is 13.0. The van der Waals surface area contributed by atoms with Crippen molar-refractivity contribution >= 4 is 5.91 Å². The lowest BCUT2D eigenvalue weighted by Crippen LogP contribution is -2.39. The van der Waals surface area contributed by atoms with Crippen molar-refractivity contribution in [1.29, 1.82) is 5.26 Å². The molecule has 0 aromatic heterocycles. The maximum Gasteiger partial charge on any atom is 0.240 e. The normalized spacial score (nSPS) is 15.6. The van der Waals surface area contributed by atoms with Crippen molar-refractivity contribution in [2.75, 3.05) is 6.54 Å². The van der Waals surface area contributed by atoms with Gasteiger partial charge in [-0.25, -0.2) is 0 Å². The first-order valence-electron chi connectivity index (χ1n) is 6.38. The highest BCUT2D eigenvalue weighted by Gasteiger charge is 2.34. The van der Waals surface area contributed by atoms with Crippen LogP contribution >= 0.6 is 0 Å². The molecule has 0 bridgehead atoms. The fourth-order valence-corrected chi connectivity index (χ4v) is 1.95. The van der Waals surface area contributed by atoms with E-state index >= 15 is 0 Å². The lowest BCUT2D eigenvalue weighted by molar-refractivity contribution is -0.128. The molecule has 1 rings (SSSR count). The second-order valence-electron chi connectivity index (χ2n) is 4.74. The molecule has 1 fully saturated rings. The van der Waals surface area contributed by atoms with Gasteiger partial charge < -0.3 is 5.32 Å². The number of nitriles is 1. The summed E-state index contributed by atoms with van der Waals surface area (Å²) in [6.07, 6.45) is 6.17. The van der Waals surface area contributed by atoms with Gasteiger partial charge in [-0.15, -0.1) is 0 Å². The Labute approximate surface area is 98.2 Å². The number of rotatable bonds is 7. The Balaban J connectivity index is 2.28. The van der Waals surface area contributed by atoms with Crippen LogP contribution in [0.15, 0.2) is 0 Å². The van der Waals surface area contributed by atoms with Crippen LogP contribution < -0.4 is 5.32 Å². The van der Waals surface area contributed by atoms with Gasteiger partial charge in [0.1, 0.15) is 5.41 Å². The number of amides is 1. The number of hydrogen-bond donors (Lipinski definition) is 1. The number of carbonyl (C=O) groups is 1. The van der Waals surface area contributed by atoms with E-state index in [9.17, 15) is 4.79 Å². The summed E-state index contributed by atoms with van der Waals surface area (Å²) in [6.45, 7) is 4.52. The van der Waals surface area contributed by atoms with Crippen molar-refractivity contribution in [3.8, 4) is 6.07 Å². The van der Waals surface area contributed by atoms with E-state index in [-0.39, 0.29) is 5.91 Å². The summed E-state index contributed by atoms with van der Waals surface area (Å²) in [4.78, 5) is 11.9. The zero-order chi connectivity index (χ0) is 12.0. The third kappa shape index (κ3) is 3.23. The van der Waals surface area contributed by atoms with E-state index in [2.05, 4.69) is 11.4 Å². The molecule has 3 heteroatoms. The highest BCUT2D eigenvalue weighted by molar-refractivity contribution is 5.85. The molecule has 16 heavy (non-hydrogen) atoms. The minimum Gasteiger partial charge on any atom is -0.355 e. The lowest BCUT2D eigenvalue weighted by atomic mass is 9.83. The van der Waals surface area contributed by atoms with Gasteiger partial charge in [-0.3, -0.25) is 4.79 Å². The summed E-state index contributed by atoms with van der Waals surface area (Å²) < 4.78 is 0. The van der Waals surface area contributed by atoms with Gasteiger partial charge >= 0.3 is 0 Å². The largest absolute Gasteiger partial charge is 0.355 e. The minimum absolute atomic E-state index is 0.0872. The van der Waals surface area contributed by atoms with Crippen molar-refractivity contribution < 1.29 is 4.79 Å². The van der Waals surface area contributed by atoms with Crippen LogP contribution in [-0.4, -0.2) is 12.5 Å². The molecule has 90 valence electrons. The topological polar surface area (TPSA) is 52.9 Å². The van der Waals surface area contributed by atoms with E-state index in [0.717, 1.165) is 18.9 Å². The van der Waals surface area contributed by atoms with Crippen molar-refractivity contribution in [3.05, 3.63) is 0 Å². The van der Waals surface area contributed by atoms with Gasteiger partial charge in [0.25, 0.3) is 0 Å². The van der Waals surface area contributed by atoms with Gasteiger partial charge in [0.15, 0.2) is 0 Å². The lowest BCUT2D eigenvalue weighted by Gasteiger charge is -2.22. The predicted molar refractivity (Wildman–Crippen MR) is 63.6 cm³/mol. The SMILES string of the molecule is CCC(C#N)(CC)C(=O)NCCCC1CC1. The average Bonchev–Trinajstić information content (AvgIpc) is 3.11. The van der Waals surface area contributed by atoms with Crippen molar-refractivity contribution in [3.63, 3.8) is 0 Å². The highest BCUT2D eigenvalue weighted by Crippen LogP contribution is 2.33. The van der Waals surface area contributed by atoms with E-state index in [4.69, 9.17) is 5.26 Å². The van der Waals surface area contributed by atoms with Crippen molar-refractivity contribution in [2.24, 2.45) is 11.3 Å². The zero-order valence-corrected chi connectivity index (χ0v) is 10.4. The zero-order valence-electron chi connectivity index (χ0n) is 10.4. The quantitative estimate of drug-likeness (QED) is 0.673. The Kier molecular flexibility index (Phi) is 4.79. The van der Waals surface area contributed by atoms with Crippen molar-refractivity contribution in [2.45, 2.75) is 52.4 Å². The minimum atomic E-state index is -0.806. The van der Waals surface area contributed by atoms with E-state index in [1.54, 1.807) is 0 Å². The van der Waals surface area contributed by atoms with E-state index in [1.807, 2.05) is 13.8 Å². The Morgan fingerprint density at radius 3 is 2.50 bits per heavy atom. The molecule has 0 unspecified atom stereocenters. The summed E-state index contributed by atoms with van der Waals surface area (Å²) in [5.74, 6) is 0.825. The molecule has 1 amide bonds. The second-order valence-corrected chi connectivity index (χ2v) is 4.74. The molecule has 0 atom stereocenters. The molecular weight excluding hydrogens is 200 g/mol. The Morgan fingerprint density at radius 2 is 2.06 bits per heavy atom. The molecule has 1 N–H and O–H groups in total. The Morgan fingerprint density at radius 1 is 1.44 bits per heavy atom. The molecular formula is C13H22N2O. The molecule has 0 aliphatic heterocycles. The van der Waals surface area contributed by atoms with Crippen LogP contribution in [0, 0.1) is 22.7 Å². The number of nitrogens with zero attached hydrogens (tertiary/aromatic N) is 1. The Bertz CT molecular complexity index is 272. The van der Waals surface area contributed by atoms with Gasteiger partial charge in [-0.05, 0) is 31.6 Å². The van der Waals surface area contributed by atoms with Crippen LogP contribution in [0.3, 0.4) is 0 Å². The van der Waals surface area contributed by atoms with Crippen LogP contribution in [-0.2, 0) is 4.79 Å².